The molecule has 2 aromatic carbocycles. The monoisotopic (exact) mass is 820 g/mol. The summed E-state index contributed by atoms with van der Waals surface area (Å²) < 4.78 is 43.2. The maximum atomic E-state index is 17.8. The number of aryl methyl sites for hydroxylation is 1. The number of carbonyl (C=O) groups excluding carboxylic acids is 2. The number of nitrogens with one attached hydrogen (secondary N) is 1. The highest BCUT2D eigenvalue weighted by atomic mass is 35.5. The number of thiophene rings is 1. The van der Waals surface area contributed by atoms with Crippen molar-refractivity contribution in [2.75, 3.05) is 43.1 Å². The number of piperazine rings is 1. The van der Waals surface area contributed by atoms with Crippen LogP contribution in [-0.2, 0) is 9.47 Å². The largest absolute Gasteiger partial charge is 0.489 e. The predicted octanol–water partition coefficient (Wildman–Crippen LogP) is 9.32. The SMILES string of the molecule is Cc1ccc2sc(NC(=O)OC(C)(C)C)cc2c1-c1c(Cl)c2c3c(nc(OCC45CCCN4CCC5)nc3c1F)N1C[C@H]3CC[C@@H]([C@H]1CO2)N3C(=O)OC(C)(C)C. The van der Waals surface area contributed by atoms with E-state index in [1.165, 1.54) is 11.3 Å². The minimum absolute atomic E-state index is 0.0536. The van der Waals surface area contributed by atoms with Crippen LogP contribution in [0.1, 0.15) is 85.6 Å². The van der Waals surface area contributed by atoms with Crippen LogP contribution in [0.4, 0.5) is 24.8 Å². The number of hydrogen-bond donors (Lipinski definition) is 1. The number of carbonyl (C=O) groups is 2. The molecule has 0 saturated carbocycles. The molecule has 4 saturated heterocycles. The van der Waals surface area contributed by atoms with Crippen LogP contribution in [0.2, 0.25) is 5.02 Å². The van der Waals surface area contributed by atoms with Crippen LogP contribution in [0.15, 0.2) is 18.2 Å². The Balaban J connectivity index is 1.18. The molecule has 3 atom stereocenters. The van der Waals surface area contributed by atoms with Crippen LogP contribution in [-0.4, -0.2) is 99.7 Å². The zero-order chi connectivity index (χ0) is 40.2. The van der Waals surface area contributed by atoms with Crippen molar-refractivity contribution in [3.05, 3.63) is 34.6 Å². The van der Waals surface area contributed by atoms with Gasteiger partial charge >= 0.3 is 18.2 Å². The van der Waals surface area contributed by atoms with E-state index in [0.29, 0.717) is 40.3 Å². The Kier molecular flexibility index (Phi) is 9.24. The first kappa shape index (κ1) is 38.4. The number of halogens is 2. The zero-order valence-corrected chi connectivity index (χ0v) is 35.2. The van der Waals surface area contributed by atoms with Gasteiger partial charge in [-0.15, -0.1) is 11.3 Å². The third-order valence-electron chi connectivity index (χ3n) is 12.1. The molecular formula is C42H50ClFN6O6S. The highest BCUT2D eigenvalue weighted by Crippen LogP contribution is 2.52. The molecular weight excluding hydrogens is 771 g/mol. The van der Waals surface area contributed by atoms with Crippen molar-refractivity contribution in [1.29, 1.82) is 0 Å². The Bertz CT molecular complexity index is 2300. The maximum absolute atomic E-state index is 17.8. The molecule has 0 spiro atoms. The molecule has 0 aliphatic carbocycles. The number of fused-ring (bicyclic) bond motifs is 7. The van der Waals surface area contributed by atoms with E-state index in [2.05, 4.69) is 15.1 Å². The summed E-state index contributed by atoms with van der Waals surface area (Å²) in [6.45, 7) is 16.0. The molecule has 2 bridgehead atoms. The molecule has 57 heavy (non-hydrogen) atoms. The third-order valence-corrected chi connectivity index (χ3v) is 13.5. The van der Waals surface area contributed by atoms with Crippen molar-refractivity contribution in [3.63, 3.8) is 0 Å². The maximum Gasteiger partial charge on any atom is 0.412 e. The van der Waals surface area contributed by atoms with Crippen LogP contribution < -0.4 is 19.7 Å². The van der Waals surface area contributed by atoms with Crippen molar-refractivity contribution in [1.82, 2.24) is 19.8 Å². The van der Waals surface area contributed by atoms with Crippen LogP contribution >= 0.6 is 22.9 Å². The molecule has 0 unspecified atom stereocenters. The molecule has 4 aromatic rings. The van der Waals surface area contributed by atoms with Crippen LogP contribution in [0, 0.1) is 12.7 Å². The number of nitrogens with zero attached hydrogens (tertiary/aromatic N) is 5. The average molecular weight is 821 g/mol. The normalized spacial score (nSPS) is 22.6. The van der Waals surface area contributed by atoms with Gasteiger partial charge < -0.3 is 23.8 Å². The van der Waals surface area contributed by atoms with E-state index in [0.717, 1.165) is 61.9 Å². The smallest absolute Gasteiger partial charge is 0.412 e. The summed E-state index contributed by atoms with van der Waals surface area (Å²) in [6.07, 6.45) is 4.91. The molecule has 2 amide bonds. The fourth-order valence-corrected chi connectivity index (χ4v) is 11.1. The van der Waals surface area contributed by atoms with Crippen molar-refractivity contribution in [2.45, 2.75) is 122 Å². The van der Waals surface area contributed by atoms with Gasteiger partial charge in [0, 0.05) is 22.2 Å². The summed E-state index contributed by atoms with van der Waals surface area (Å²) in [4.78, 5) is 42.8. The lowest BCUT2D eigenvalue weighted by Crippen LogP contribution is -2.63. The molecule has 5 aliphatic heterocycles. The number of hydrogen-bond acceptors (Lipinski definition) is 11. The van der Waals surface area contributed by atoms with Gasteiger partial charge in [0.15, 0.2) is 11.6 Å². The summed E-state index contributed by atoms with van der Waals surface area (Å²) >= 11 is 8.73. The van der Waals surface area contributed by atoms with Crippen molar-refractivity contribution >= 4 is 66.9 Å². The summed E-state index contributed by atoms with van der Waals surface area (Å²) in [5.41, 5.74) is 0.131. The lowest BCUT2D eigenvalue weighted by Gasteiger charge is -2.46. The minimum Gasteiger partial charge on any atom is -0.489 e. The molecule has 7 heterocycles. The lowest BCUT2D eigenvalue weighted by atomic mass is 9.94. The first-order chi connectivity index (χ1) is 27.0. The van der Waals surface area contributed by atoms with E-state index < -0.39 is 23.1 Å². The highest BCUT2D eigenvalue weighted by molar-refractivity contribution is 7.23. The minimum atomic E-state index is -0.678. The van der Waals surface area contributed by atoms with Crippen molar-refractivity contribution in [2.24, 2.45) is 0 Å². The van der Waals surface area contributed by atoms with Crippen LogP contribution in [0.25, 0.3) is 32.1 Å². The van der Waals surface area contributed by atoms with Gasteiger partial charge in [0.25, 0.3) is 0 Å². The molecule has 1 N–H and O–H groups in total. The number of rotatable bonds is 5. The zero-order valence-electron chi connectivity index (χ0n) is 33.6. The average Bonchev–Trinajstić information content (AvgIpc) is 3.87. The van der Waals surface area contributed by atoms with Gasteiger partial charge in [-0.25, -0.2) is 14.0 Å². The first-order valence-electron chi connectivity index (χ1n) is 20.1. The van der Waals surface area contributed by atoms with Crippen LogP contribution in [0.5, 0.6) is 11.8 Å². The van der Waals surface area contributed by atoms with Gasteiger partial charge in [-0.3, -0.25) is 15.1 Å². The molecule has 304 valence electrons. The molecule has 5 aliphatic rings. The van der Waals surface area contributed by atoms with E-state index in [1.54, 1.807) is 20.8 Å². The summed E-state index contributed by atoms with van der Waals surface area (Å²) in [5, 5.41) is 4.58. The molecule has 12 nitrogen and oxygen atoms in total. The van der Waals surface area contributed by atoms with Gasteiger partial charge in [0.05, 0.1) is 39.1 Å². The van der Waals surface area contributed by atoms with E-state index in [-0.39, 0.29) is 64.2 Å². The molecule has 0 radical (unpaired) electrons. The van der Waals surface area contributed by atoms with Gasteiger partial charge in [-0.1, -0.05) is 17.7 Å². The molecule has 2 aromatic heterocycles. The fraction of sp³-hybridized carbons (Fsp3) is 0.571. The topological polar surface area (TPSA) is 119 Å². The van der Waals surface area contributed by atoms with E-state index in [1.807, 2.05) is 50.8 Å². The van der Waals surface area contributed by atoms with E-state index in [4.69, 9.17) is 40.5 Å². The van der Waals surface area contributed by atoms with Crippen LogP contribution in [0.3, 0.4) is 0 Å². The molecule has 9 rings (SSSR count). The van der Waals surface area contributed by atoms with Gasteiger partial charge in [-0.05, 0) is 123 Å². The summed E-state index contributed by atoms with van der Waals surface area (Å²) in [7, 11) is 0. The Morgan fingerprint density at radius 2 is 1.77 bits per heavy atom. The van der Waals surface area contributed by atoms with E-state index in [9.17, 15) is 9.59 Å². The molecule has 15 heteroatoms. The number of benzene rings is 2. The predicted molar refractivity (Wildman–Crippen MR) is 220 cm³/mol. The number of anilines is 2. The van der Waals surface area contributed by atoms with Gasteiger partial charge in [0.2, 0.25) is 0 Å². The van der Waals surface area contributed by atoms with Gasteiger partial charge in [-0.2, -0.15) is 9.97 Å². The molecule has 4 fully saturated rings. The third kappa shape index (κ3) is 6.69. The van der Waals surface area contributed by atoms with Gasteiger partial charge in [0.1, 0.15) is 35.8 Å². The number of amides is 2. The van der Waals surface area contributed by atoms with Crippen molar-refractivity contribution < 1.29 is 32.9 Å². The Morgan fingerprint density at radius 3 is 2.49 bits per heavy atom. The second-order valence-corrected chi connectivity index (χ2v) is 19.7. The number of ether oxygens (including phenoxy) is 4. The van der Waals surface area contributed by atoms with Crippen molar-refractivity contribution in [3.8, 4) is 22.9 Å². The Labute approximate surface area is 340 Å². The second-order valence-electron chi connectivity index (χ2n) is 18.2. The summed E-state index contributed by atoms with van der Waals surface area (Å²) in [6, 6.07) is 5.10. The first-order valence-corrected chi connectivity index (χ1v) is 21.2. The van der Waals surface area contributed by atoms with E-state index >= 15 is 4.39 Å². The Hall–Kier alpha value is -4.14. The second kappa shape index (κ2) is 13.7. The fourth-order valence-electron chi connectivity index (χ4n) is 9.79. The summed E-state index contributed by atoms with van der Waals surface area (Å²) in [5.74, 6) is 0.158. The lowest BCUT2D eigenvalue weighted by molar-refractivity contribution is 0.00543. The highest BCUT2D eigenvalue weighted by Gasteiger charge is 2.52. The standard InChI is InChI=1S/C42H50ClFN6O6S/c1-22-10-13-27-24(18-28(57-27)45-38(51)55-40(2,3)4)29(22)30-32(43)35-31-34(33(30)44)46-37(54-21-42-14-8-16-48(42)17-9-15-42)47-36(31)49-19-23-11-12-25(26(49)20-53-35)50(23)39(52)56-41(5,6)7/h10,13,18,23,25-26H,8-9,11-12,14-17,19-21H2,1-7H3,(H,45,51)/t23-,25+,26-/m1/s1. The number of aromatic nitrogens is 2. The Morgan fingerprint density at radius 1 is 1.04 bits per heavy atom. The quantitative estimate of drug-likeness (QED) is 0.209.